The molecule has 0 radical (unpaired) electrons. The SMILES string of the molecule is C=C1C=CN(COCC[Si](C)(C)C)C1=N. The Morgan fingerprint density at radius 3 is 2.60 bits per heavy atom. The Labute approximate surface area is 92.9 Å². The number of hydrogen-bond acceptors (Lipinski definition) is 2. The maximum absolute atomic E-state index is 7.66. The maximum atomic E-state index is 7.66. The Balaban J connectivity index is 2.19. The second kappa shape index (κ2) is 4.77. The summed E-state index contributed by atoms with van der Waals surface area (Å²) in [7, 11) is -0.997. The van der Waals surface area contributed by atoms with Crippen molar-refractivity contribution in [2.75, 3.05) is 13.3 Å². The molecule has 0 bridgehead atoms. The number of rotatable bonds is 5. The Bertz CT molecular complexity index is 291. The summed E-state index contributed by atoms with van der Waals surface area (Å²) in [5.41, 5.74) is 0.754. The van der Waals surface area contributed by atoms with Crippen molar-refractivity contribution in [3.05, 3.63) is 24.4 Å². The fraction of sp³-hybridized carbons (Fsp3) is 0.545. The van der Waals surface area contributed by atoms with E-state index in [2.05, 4.69) is 26.2 Å². The van der Waals surface area contributed by atoms with E-state index in [4.69, 9.17) is 10.1 Å². The predicted octanol–water partition coefficient (Wildman–Crippen LogP) is 2.66. The molecule has 1 aliphatic heterocycles. The van der Waals surface area contributed by atoms with E-state index in [9.17, 15) is 0 Å². The molecule has 1 N–H and O–H groups in total. The molecule has 1 heterocycles. The molecule has 0 aromatic heterocycles. The van der Waals surface area contributed by atoms with Gasteiger partial charge >= 0.3 is 0 Å². The third-order valence-corrected chi connectivity index (χ3v) is 3.98. The lowest BCUT2D eigenvalue weighted by atomic mass is 10.3. The van der Waals surface area contributed by atoms with Crippen LogP contribution >= 0.6 is 0 Å². The number of nitrogens with zero attached hydrogens (tertiary/aromatic N) is 1. The third-order valence-electron chi connectivity index (χ3n) is 2.27. The van der Waals surface area contributed by atoms with Crippen LogP contribution in [0.1, 0.15) is 0 Å². The van der Waals surface area contributed by atoms with E-state index >= 15 is 0 Å². The van der Waals surface area contributed by atoms with Crippen LogP contribution in [0.3, 0.4) is 0 Å². The van der Waals surface area contributed by atoms with E-state index in [1.165, 1.54) is 6.04 Å². The molecule has 15 heavy (non-hydrogen) atoms. The quantitative estimate of drug-likeness (QED) is 0.576. The lowest BCUT2D eigenvalue weighted by Crippen LogP contribution is -2.27. The molecule has 3 nitrogen and oxygen atoms in total. The molecular weight excluding hydrogens is 204 g/mol. The highest BCUT2D eigenvalue weighted by molar-refractivity contribution is 6.76. The van der Waals surface area contributed by atoms with Crippen LogP contribution < -0.4 is 0 Å². The van der Waals surface area contributed by atoms with Crippen LogP contribution in [-0.2, 0) is 4.74 Å². The Morgan fingerprint density at radius 1 is 1.47 bits per heavy atom. The van der Waals surface area contributed by atoms with Crippen molar-refractivity contribution in [1.29, 1.82) is 5.41 Å². The highest BCUT2D eigenvalue weighted by Gasteiger charge is 2.16. The number of hydrogen-bond donors (Lipinski definition) is 1. The van der Waals surface area contributed by atoms with Gasteiger partial charge in [0.25, 0.3) is 0 Å². The van der Waals surface area contributed by atoms with Crippen molar-refractivity contribution in [3.8, 4) is 0 Å². The fourth-order valence-electron chi connectivity index (χ4n) is 1.17. The van der Waals surface area contributed by atoms with Gasteiger partial charge in [-0.2, -0.15) is 0 Å². The summed E-state index contributed by atoms with van der Waals surface area (Å²) < 4.78 is 5.54. The van der Waals surface area contributed by atoms with Crippen LogP contribution in [0.25, 0.3) is 0 Å². The largest absolute Gasteiger partial charge is 0.361 e. The molecule has 84 valence electrons. The van der Waals surface area contributed by atoms with Crippen LogP contribution in [0.4, 0.5) is 0 Å². The van der Waals surface area contributed by atoms with Crippen LogP contribution in [0, 0.1) is 5.41 Å². The first-order valence-electron chi connectivity index (χ1n) is 5.20. The van der Waals surface area contributed by atoms with Crippen LogP contribution in [0.5, 0.6) is 0 Å². The molecule has 0 saturated carbocycles. The first-order chi connectivity index (χ1) is 6.90. The van der Waals surface area contributed by atoms with Crippen LogP contribution in [-0.4, -0.2) is 32.1 Å². The molecule has 0 fully saturated rings. The summed E-state index contributed by atoms with van der Waals surface area (Å²) in [4.78, 5) is 1.77. The summed E-state index contributed by atoms with van der Waals surface area (Å²) in [6.07, 6.45) is 3.68. The number of amidine groups is 1. The smallest absolute Gasteiger partial charge is 0.133 e. The monoisotopic (exact) mass is 224 g/mol. The van der Waals surface area contributed by atoms with Crippen molar-refractivity contribution in [1.82, 2.24) is 4.90 Å². The molecule has 0 amide bonds. The second-order valence-electron chi connectivity index (χ2n) is 5.01. The van der Waals surface area contributed by atoms with Gasteiger partial charge in [0, 0.05) is 26.5 Å². The average molecular weight is 224 g/mol. The first-order valence-corrected chi connectivity index (χ1v) is 8.91. The van der Waals surface area contributed by atoms with Gasteiger partial charge in [-0.05, 0) is 12.1 Å². The van der Waals surface area contributed by atoms with E-state index in [1.54, 1.807) is 4.90 Å². The molecule has 0 atom stereocenters. The van der Waals surface area contributed by atoms with E-state index < -0.39 is 8.07 Å². The van der Waals surface area contributed by atoms with Gasteiger partial charge in [-0.15, -0.1) is 0 Å². The van der Waals surface area contributed by atoms with Crippen molar-refractivity contribution in [2.24, 2.45) is 0 Å². The summed E-state index contributed by atoms with van der Waals surface area (Å²) in [5.74, 6) is 0.447. The van der Waals surface area contributed by atoms with Gasteiger partial charge in [0.15, 0.2) is 0 Å². The predicted molar refractivity (Wildman–Crippen MR) is 66.8 cm³/mol. The number of nitrogens with one attached hydrogen (secondary N) is 1. The normalized spacial score (nSPS) is 16.6. The van der Waals surface area contributed by atoms with Gasteiger partial charge in [0.05, 0.1) is 0 Å². The lowest BCUT2D eigenvalue weighted by molar-refractivity contribution is 0.0944. The first kappa shape index (κ1) is 12.2. The summed E-state index contributed by atoms with van der Waals surface area (Å²) in [5, 5.41) is 7.66. The minimum absolute atomic E-state index is 0.447. The molecule has 0 spiro atoms. The van der Waals surface area contributed by atoms with Crippen LogP contribution in [0.2, 0.25) is 25.7 Å². The van der Waals surface area contributed by atoms with Crippen LogP contribution in [0.15, 0.2) is 24.4 Å². The fourth-order valence-corrected chi connectivity index (χ4v) is 1.92. The Hall–Kier alpha value is -0.873. The molecular formula is C11H20N2OSi. The molecule has 0 aromatic rings. The van der Waals surface area contributed by atoms with Gasteiger partial charge in [-0.1, -0.05) is 26.2 Å². The molecule has 0 aromatic carbocycles. The van der Waals surface area contributed by atoms with E-state index in [0.717, 1.165) is 12.2 Å². The van der Waals surface area contributed by atoms with E-state index in [0.29, 0.717) is 12.6 Å². The molecule has 1 aliphatic rings. The summed E-state index contributed by atoms with van der Waals surface area (Å²) >= 11 is 0. The second-order valence-corrected chi connectivity index (χ2v) is 10.6. The zero-order valence-corrected chi connectivity index (χ0v) is 10.8. The van der Waals surface area contributed by atoms with Gasteiger partial charge in [-0.25, -0.2) is 0 Å². The minimum atomic E-state index is -0.997. The topological polar surface area (TPSA) is 36.3 Å². The zero-order chi connectivity index (χ0) is 11.5. The van der Waals surface area contributed by atoms with Crippen molar-refractivity contribution in [2.45, 2.75) is 25.7 Å². The molecule has 0 saturated heterocycles. The van der Waals surface area contributed by atoms with Crippen molar-refractivity contribution < 1.29 is 4.74 Å². The van der Waals surface area contributed by atoms with Gasteiger partial charge in [-0.3, -0.25) is 5.41 Å². The van der Waals surface area contributed by atoms with Gasteiger partial charge < -0.3 is 9.64 Å². The molecule has 0 unspecified atom stereocenters. The zero-order valence-electron chi connectivity index (χ0n) is 9.84. The minimum Gasteiger partial charge on any atom is -0.361 e. The van der Waals surface area contributed by atoms with Gasteiger partial charge in [0.2, 0.25) is 0 Å². The third kappa shape index (κ3) is 4.01. The molecule has 0 aliphatic carbocycles. The maximum Gasteiger partial charge on any atom is 0.133 e. The average Bonchev–Trinajstić information content (AvgIpc) is 2.42. The Morgan fingerprint density at radius 2 is 2.13 bits per heavy atom. The summed E-state index contributed by atoms with van der Waals surface area (Å²) in [6.45, 7) is 12.0. The molecule has 4 heteroatoms. The highest BCUT2D eigenvalue weighted by atomic mass is 28.3. The lowest BCUT2D eigenvalue weighted by Gasteiger charge is -2.19. The van der Waals surface area contributed by atoms with E-state index in [-0.39, 0.29) is 0 Å². The van der Waals surface area contributed by atoms with Crippen molar-refractivity contribution in [3.63, 3.8) is 0 Å². The van der Waals surface area contributed by atoms with Crippen molar-refractivity contribution >= 4 is 13.9 Å². The standard InChI is InChI=1S/C11H20N2OSi/c1-10-5-6-13(11(10)12)9-14-7-8-15(2,3)4/h5-6,12H,1,7-9H2,2-4H3. The Kier molecular flexibility index (Phi) is 3.88. The molecule has 1 rings (SSSR count). The number of ether oxygens (including phenoxy) is 1. The summed E-state index contributed by atoms with van der Waals surface area (Å²) in [6, 6.07) is 1.17. The highest BCUT2D eigenvalue weighted by Crippen LogP contribution is 2.12. The van der Waals surface area contributed by atoms with Gasteiger partial charge in [0.1, 0.15) is 12.6 Å². The van der Waals surface area contributed by atoms with E-state index in [1.807, 2.05) is 12.3 Å².